The van der Waals surface area contributed by atoms with Gasteiger partial charge < -0.3 is 14.2 Å². The maximum atomic E-state index is 12.0. The number of esters is 1. The Kier molecular flexibility index (Phi) is 2.51. The van der Waals surface area contributed by atoms with Crippen LogP contribution in [0.15, 0.2) is 30.3 Å². The van der Waals surface area contributed by atoms with Gasteiger partial charge in [-0.25, -0.2) is 0 Å². The van der Waals surface area contributed by atoms with E-state index in [-0.39, 0.29) is 35.9 Å². The van der Waals surface area contributed by atoms with Gasteiger partial charge in [-0.05, 0) is 19.4 Å². The zero-order chi connectivity index (χ0) is 13.9. The molecule has 2 heterocycles. The predicted octanol–water partition coefficient (Wildman–Crippen LogP) is 2.09. The van der Waals surface area contributed by atoms with Crippen LogP contribution in [0.2, 0.25) is 0 Å². The van der Waals surface area contributed by atoms with Crippen molar-refractivity contribution in [1.82, 2.24) is 0 Å². The summed E-state index contributed by atoms with van der Waals surface area (Å²) in [6.45, 7) is 4.28. The van der Waals surface area contributed by atoms with Crippen LogP contribution in [0.5, 0.6) is 0 Å². The molecule has 1 aliphatic carbocycles. The molecular weight excluding hydrogens is 256 g/mol. The molecule has 20 heavy (non-hydrogen) atoms. The molecule has 3 fully saturated rings. The predicted molar refractivity (Wildman–Crippen MR) is 70.9 cm³/mol. The SMILES string of the molecule is CC1(C)OC[C@H]([C@H]2OC(=O)[C@H]3[C@H](c4ccccc4)[C@@H]23)O1. The summed E-state index contributed by atoms with van der Waals surface area (Å²) >= 11 is 0. The Morgan fingerprint density at radius 2 is 1.90 bits per heavy atom. The first-order valence-electron chi connectivity index (χ1n) is 7.14. The van der Waals surface area contributed by atoms with Crippen molar-refractivity contribution >= 4 is 5.97 Å². The van der Waals surface area contributed by atoms with E-state index < -0.39 is 5.79 Å². The lowest BCUT2D eigenvalue weighted by Gasteiger charge is -2.22. The van der Waals surface area contributed by atoms with Gasteiger partial charge in [-0.2, -0.15) is 0 Å². The van der Waals surface area contributed by atoms with Crippen LogP contribution in [0.25, 0.3) is 0 Å². The van der Waals surface area contributed by atoms with Gasteiger partial charge in [0.1, 0.15) is 12.2 Å². The van der Waals surface area contributed by atoms with Gasteiger partial charge in [-0.15, -0.1) is 0 Å². The highest BCUT2D eigenvalue weighted by Crippen LogP contribution is 2.62. The Morgan fingerprint density at radius 3 is 2.55 bits per heavy atom. The van der Waals surface area contributed by atoms with Crippen molar-refractivity contribution in [2.75, 3.05) is 6.61 Å². The normalized spacial score (nSPS) is 41.3. The second kappa shape index (κ2) is 4.06. The second-order valence-electron chi connectivity index (χ2n) is 6.31. The fourth-order valence-electron chi connectivity index (χ4n) is 3.64. The van der Waals surface area contributed by atoms with Crippen LogP contribution in [0, 0.1) is 11.8 Å². The molecule has 0 radical (unpaired) electrons. The maximum Gasteiger partial charge on any atom is 0.310 e. The average molecular weight is 274 g/mol. The standard InChI is InChI=1S/C16H18O4/c1-16(2)18-8-10(20-16)14-12-11(13(12)15(17)19-14)9-6-4-3-5-7-9/h3-7,10-14H,8H2,1-2H3/t10-,11-,12-,13+,14-/m1/s1. The zero-order valence-electron chi connectivity index (χ0n) is 11.6. The molecule has 0 unspecified atom stereocenters. The molecule has 4 heteroatoms. The molecule has 4 nitrogen and oxygen atoms in total. The molecule has 2 aliphatic heterocycles. The van der Waals surface area contributed by atoms with Crippen molar-refractivity contribution in [3.63, 3.8) is 0 Å². The Hall–Kier alpha value is -1.39. The van der Waals surface area contributed by atoms with Crippen molar-refractivity contribution in [3.05, 3.63) is 35.9 Å². The second-order valence-corrected chi connectivity index (χ2v) is 6.31. The van der Waals surface area contributed by atoms with Crippen LogP contribution in [0.1, 0.15) is 25.3 Å². The highest BCUT2D eigenvalue weighted by Gasteiger charge is 2.68. The third-order valence-corrected chi connectivity index (χ3v) is 4.56. The first-order chi connectivity index (χ1) is 9.57. The van der Waals surface area contributed by atoms with Gasteiger partial charge >= 0.3 is 5.97 Å². The third kappa shape index (κ3) is 1.79. The number of carbonyl (C=O) groups is 1. The number of hydrogen-bond acceptors (Lipinski definition) is 4. The van der Waals surface area contributed by atoms with E-state index in [0.717, 1.165) is 0 Å². The van der Waals surface area contributed by atoms with Gasteiger partial charge in [-0.3, -0.25) is 4.79 Å². The molecule has 0 aromatic heterocycles. The van der Waals surface area contributed by atoms with Crippen molar-refractivity contribution in [2.24, 2.45) is 11.8 Å². The van der Waals surface area contributed by atoms with E-state index in [1.807, 2.05) is 32.0 Å². The monoisotopic (exact) mass is 274 g/mol. The van der Waals surface area contributed by atoms with Gasteiger partial charge in [-0.1, -0.05) is 30.3 Å². The van der Waals surface area contributed by atoms with Gasteiger partial charge in [0.05, 0.1) is 12.5 Å². The number of carbonyl (C=O) groups excluding carboxylic acids is 1. The number of benzene rings is 1. The summed E-state index contributed by atoms with van der Waals surface area (Å²) in [6, 6.07) is 10.2. The Labute approximate surface area is 118 Å². The van der Waals surface area contributed by atoms with E-state index in [9.17, 15) is 4.79 Å². The molecule has 1 saturated carbocycles. The summed E-state index contributed by atoms with van der Waals surface area (Å²) in [7, 11) is 0. The molecule has 2 saturated heterocycles. The smallest absolute Gasteiger partial charge is 0.310 e. The lowest BCUT2D eigenvalue weighted by molar-refractivity contribution is -0.166. The summed E-state index contributed by atoms with van der Waals surface area (Å²) in [5, 5.41) is 0. The largest absolute Gasteiger partial charge is 0.459 e. The van der Waals surface area contributed by atoms with Crippen LogP contribution < -0.4 is 0 Å². The molecule has 0 N–H and O–H groups in total. The highest BCUT2D eigenvalue weighted by atomic mass is 16.8. The average Bonchev–Trinajstić information content (AvgIpc) is 2.94. The zero-order valence-corrected chi connectivity index (χ0v) is 11.6. The highest BCUT2D eigenvalue weighted by molar-refractivity contribution is 5.81. The lowest BCUT2D eigenvalue weighted by Crippen LogP contribution is -2.34. The minimum absolute atomic E-state index is 0.00899. The van der Waals surface area contributed by atoms with E-state index in [2.05, 4.69) is 12.1 Å². The number of ether oxygens (including phenoxy) is 3. The van der Waals surface area contributed by atoms with Crippen molar-refractivity contribution < 1.29 is 19.0 Å². The number of fused-ring (bicyclic) bond motifs is 1. The molecule has 106 valence electrons. The van der Waals surface area contributed by atoms with Gasteiger partial charge in [0.15, 0.2) is 5.79 Å². The van der Waals surface area contributed by atoms with Crippen molar-refractivity contribution in [2.45, 2.75) is 37.8 Å². The van der Waals surface area contributed by atoms with Crippen LogP contribution in [-0.4, -0.2) is 30.6 Å². The molecule has 0 bridgehead atoms. The first-order valence-corrected chi connectivity index (χ1v) is 7.14. The number of cyclic esters (lactones) is 1. The third-order valence-electron chi connectivity index (χ3n) is 4.56. The molecule has 4 rings (SSSR count). The Balaban J connectivity index is 1.55. The lowest BCUT2D eigenvalue weighted by atomic mass is 10.0. The van der Waals surface area contributed by atoms with E-state index in [0.29, 0.717) is 6.61 Å². The number of hydrogen-bond donors (Lipinski definition) is 0. The van der Waals surface area contributed by atoms with E-state index >= 15 is 0 Å². The topological polar surface area (TPSA) is 44.8 Å². The summed E-state index contributed by atoms with van der Waals surface area (Å²) < 4.78 is 17.0. The summed E-state index contributed by atoms with van der Waals surface area (Å²) in [6.07, 6.45) is -0.308. The molecule has 1 aromatic carbocycles. The van der Waals surface area contributed by atoms with E-state index in [1.165, 1.54) is 5.56 Å². The molecule has 5 atom stereocenters. The van der Waals surface area contributed by atoms with Gasteiger partial charge in [0.25, 0.3) is 0 Å². The van der Waals surface area contributed by atoms with E-state index in [4.69, 9.17) is 14.2 Å². The summed E-state index contributed by atoms with van der Waals surface area (Å²) in [4.78, 5) is 12.0. The molecule has 0 spiro atoms. The summed E-state index contributed by atoms with van der Waals surface area (Å²) in [5.74, 6) is -0.120. The van der Waals surface area contributed by atoms with Crippen molar-refractivity contribution in [3.8, 4) is 0 Å². The minimum atomic E-state index is -0.577. The fourth-order valence-corrected chi connectivity index (χ4v) is 3.64. The fraction of sp³-hybridized carbons (Fsp3) is 0.562. The van der Waals surface area contributed by atoms with Gasteiger partial charge in [0, 0.05) is 11.8 Å². The maximum absolute atomic E-state index is 12.0. The van der Waals surface area contributed by atoms with E-state index in [1.54, 1.807) is 0 Å². The van der Waals surface area contributed by atoms with Gasteiger partial charge in [0.2, 0.25) is 0 Å². The minimum Gasteiger partial charge on any atom is -0.459 e. The Morgan fingerprint density at radius 1 is 1.15 bits per heavy atom. The van der Waals surface area contributed by atoms with Crippen LogP contribution in [-0.2, 0) is 19.0 Å². The number of rotatable bonds is 2. The molecule has 0 amide bonds. The van der Waals surface area contributed by atoms with Crippen LogP contribution in [0.3, 0.4) is 0 Å². The Bertz CT molecular complexity index is 539. The van der Waals surface area contributed by atoms with Crippen LogP contribution in [0.4, 0.5) is 0 Å². The summed E-state index contributed by atoms with van der Waals surface area (Å²) in [5.41, 5.74) is 1.22. The molecular formula is C16H18O4. The molecule has 3 aliphatic rings. The molecule has 1 aromatic rings. The van der Waals surface area contributed by atoms with Crippen LogP contribution >= 0.6 is 0 Å². The van der Waals surface area contributed by atoms with Crippen molar-refractivity contribution in [1.29, 1.82) is 0 Å². The quantitative estimate of drug-likeness (QED) is 0.775. The first kappa shape index (κ1) is 12.4.